The summed E-state index contributed by atoms with van der Waals surface area (Å²) in [7, 11) is 0. The number of hydrogen-bond donors (Lipinski definition) is 1. The molecule has 0 radical (unpaired) electrons. The topological polar surface area (TPSA) is 59.4 Å². The number of aliphatic carboxylic acids is 1. The minimum atomic E-state index is -0.717. The van der Waals surface area contributed by atoms with Crippen LogP contribution in [0.2, 0.25) is 0 Å². The second kappa shape index (κ2) is 11.0. The van der Waals surface area contributed by atoms with E-state index in [-0.39, 0.29) is 6.42 Å². The summed E-state index contributed by atoms with van der Waals surface area (Å²) in [6.45, 7) is 0.516. The lowest BCUT2D eigenvalue weighted by Crippen LogP contribution is -1.99. The average molecular weight is 389 g/mol. The average Bonchev–Trinajstić information content (AvgIpc) is 2.76. The second-order valence-corrected chi connectivity index (χ2v) is 7.16. The number of carboxylic acids is 1. The minimum Gasteiger partial charge on any atom is -0.489 e. The van der Waals surface area contributed by atoms with Gasteiger partial charge in [0.25, 0.3) is 0 Å². The summed E-state index contributed by atoms with van der Waals surface area (Å²) in [5, 5.41) is 8.78. The molecule has 0 bridgehead atoms. The van der Waals surface area contributed by atoms with Crippen LogP contribution in [0, 0.1) is 0 Å². The van der Waals surface area contributed by atoms with E-state index in [1.807, 2.05) is 30.5 Å². The molecule has 1 aromatic heterocycles. The zero-order valence-corrected chi connectivity index (χ0v) is 16.6. The van der Waals surface area contributed by atoms with Gasteiger partial charge in [-0.05, 0) is 67.0 Å². The van der Waals surface area contributed by atoms with E-state index in [4.69, 9.17) is 9.84 Å². The highest BCUT2D eigenvalue weighted by Crippen LogP contribution is 2.18. The van der Waals surface area contributed by atoms with Gasteiger partial charge in [0, 0.05) is 24.4 Å². The number of nitrogens with zero attached hydrogens (tertiary/aromatic N) is 1. The third kappa shape index (κ3) is 7.07. The van der Waals surface area contributed by atoms with E-state index < -0.39 is 5.97 Å². The van der Waals surface area contributed by atoms with Crippen molar-refractivity contribution in [3.63, 3.8) is 0 Å². The van der Waals surface area contributed by atoms with E-state index in [0.717, 1.165) is 43.4 Å². The number of rotatable bonds is 11. The number of carbonyl (C=O) groups is 1. The van der Waals surface area contributed by atoms with Crippen molar-refractivity contribution < 1.29 is 14.6 Å². The van der Waals surface area contributed by atoms with Gasteiger partial charge in [0.1, 0.15) is 12.4 Å². The Hall–Kier alpha value is -3.14. The number of benzene rings is 2. The second-order valence-electron chi connectivity index (χ2n) is 7.16. The van der Waals surface area contributed by atoms with Crippen LogP contribution in [0.5, 0.6) is 5.75 Å². The summed E-state index contributed by atoms with van der Waals surface area (Å²) in [5.74, 6) is 0.141. The van der Waals surface area contributed by atoms with Crippen LogP contribution >= 0.6 is 0 Å². The van der Waals surface area contributed by atoms with Crippen molar-refractivity contribution in [2.75, 3.05) is 0 Å². The first kappa shape index (κ1) is 20.6. The van der Waals surface area contributed by atoms with Crippen molar-refractivity contribution in [1.29, 1.82) is 0 Å². The Kier molecular flexibility index (Phi) is 7.81. The van der Waals surface area contributed by atoms with Crippen LogP contribution in [0.4, 0.5) is 0 Å². The summed E-state index contributed by atoms with van der Waals surface area (Å²) in [4.78, 5) is 14.8. The molecule has 3 rings (SSSR count). The van der Waals surface area contributed by atoms with Crippen LogP contribution in [-0.4, -0.2) is 16.1 Å². The van der Waals surface area contributed by atoms with Crippen LogP contribution in [0.1, 0.15) is 41.5 Å². The first-order valence-electron chi connectivity index (χ1n) is 10.1. The van der Waals surface area contributed by atoms with Gasteiger partial charge in [0.2, 0.25) is 0 Å². The highest BCUT2D eigenvalue weighted by atomic mass is 16.5. The zero-order valence-electron chi connectivity index (χ0n) is 16.6. The van der Waals surface area contributed by atoms with Gasteiger partial charge in [-0.1, -0.05) is 42.5 Å². The van der Waals surface area contributed by atoms with Crippen molar-refractivity contribution >= 4 is 5.97 Å². The normalized spacial score (nSPS) is 10.6. The van der Waals surface area contributed by atoms with Gasteiger partial charge in [-0.25, -0.2) is 0 Å². The lowest BCUT2D eigenvalue weighted by Gasteiger charge is -2.10. The molecule has 0 aliphatic heterocycles. The Bertz CT molecular complexity index is 891. The monoisotopic (exact) mass is 389 g/mol. The van der Waals surface area contributed by atoms with Crippen molar-refractivity contribution in [1.82, 2.24) is 4.98 Å². The lowest BCUT2D eigenvalue weighted by molar-refractivity contribution is -0.137. The predicted octanol–water partition coefficient (Wildman–Crippen LogP) is 5.24. The first-order valence-corrected chi connectivity index (χ1v) is 10.1. The number of aryl methyl sites for hydroxylation is 3. The maximum Gasteiger partial charge on any atom is 0.303 e. The molecule has 1 heterocycles. The third-order valence-corrected chi connectivity index (χ3v) is 4.94. The number of unbranched alkanes of at least 4 members (excludes halogenated alkanes) is 1. The van der Waals surface area contributed by atoms with Crippen molar-refractivity contribution in [2.24, 2.45) is 0 Å². The summed E-state index contributed by atoms with van der Waals surface area (Å²) < 4.78 is 5.82. The van der Waals surface area contributed by atoms with Gasteiger partial charge in [-0.3, -0.25) is 9.78 Å². The van der Waals surface area contributed by atoms with Gasteiger partial charge >= 0.3 is 5.97 Å². The molecular weight excluding hydrogens is 362 g/mol. The number of pyridine rings is 1. The molecule has 0 aliphatic carbocycles. The van der Waals surface area contributed by atoms with E-state index in [1.165, 1.54) is 16.7 Å². The van der Waals surface area contributed by atoms with Crippen LogP contribution in [0.25, 0.3) is 0 Å². The molecule has 0 saturated carbocycles. The Balaban J connectivity index is 1.49. The standard InChI is InChI=1S/C25H27NO3/c27-25(28)10-4-3-8-22-7-1-2-9-23(22)14-11-20-12-15-24(16-13-20)29-19-21-6-5-17-26-18-21/h1-2,5-7,9,12-13,15-18H,3-4,8,10-11,14,19H2,(H,27,28). The molecular formula is C25H27NO3. The SMILES string of the molecule is O=C(O)CCCCc1ccccc1CCc1ccc(OCc2cccnc2)cc1. The number of hydrogen-bond acceptors (Lipinski definition) is 3. The smallest absolute Gasteiger partial charge is 0.303 e. The van der Waals surface area contributed by atoms with Crippen molar-refractivity contribution in [3.8, 4) is 5.75 Å². The number of aromatic nitrogens is 1. The van der Waals surface area contributed by atoms with E-state index in [1.54, 1.807) is 6.20 Å². The maximum absolute atomic E-state index is 10.7. The first-order chi connectivity index (χ1) is 14.2. The highest BCUT2D eigenvalue weighted by molar-refractivity contribution is 5.66. The Morgan fingerprint density at radius 2 is 1.59 bits per heavy atom. The largest absolute Gasteiger partial charge is 0.489 e. The molecule has 1 N–H and O–H groups in total. The van der Waals surface area contributed by atoms with Gasteiger partial charge in [-0.2, -0.15) is 0 Å². The molecule has 150 valence electrons. The van der Waals surface area contributed by atoms with Crippen LogP contribution in [0.3, 0.4) is 0 Å². The molecule has 0 unspecified atom stereocenters. The lowest BCUT2D eigenvalue weighted by atomic mass is 9.96. The fourth-order valence-corrected chi connectivity index (χ4v) is 3.32. The molecule has 0 amide bonds. The molecule has 4 nitrogen and oxygen atoms in total. The zero-order chi connectivity index (χ0) is 20.3. The van der Waals surface area contributed by atoms with E-state index in [9.17, 15) is 4.79 Å². The quantitative estimate of drug-likeness (QED) is 0.456. The highest BCUT2D eigenvalue weighted by Gasteiger charge is 2.04. The summed E-state index contributed by atoms with van der Waals surface area (Å²) in [6.07, 6.45) is 8.33. The molecule has 0 spiro atoms. The predicted molar refractivity (Wildman–Crippen MR) is 114 cm³/mol. The molecule has 4 heteroatoms. The van der Waals surface area contributed by atoms with Gasteiger partial charge in [0.05, 0.1) is 0 Å². The van der Waals surface area contributed by atoms with E-state index in [2.05, 4.69) is 41.4 Å². The summed E-state index contributed by atoms with van der Waals surface area (Å²) >= 11 is 0. The number of carboxylic acid groups (broad SMARTS) is 1. The molecule has 29 heavy (non-hydrogen) atoms. The van der Waals surface area contributed by atoms with Crippen LogP contribution < -0.4 is 4.74 Å². The Morgan fingerprint density at radius 3 is 2.28 bits per heavy atom. The minimum absolute atomic E-state index is 0.247. The van der Waals surface area contributed by atoms with Gasteiger partial charge < -0.3 is 9.84 Å². The van der Waals surface area contributed by atoms with Crippen molar-refractivity contribution in [2.45, 2.75) is 45.1 Å². The molecule has 2 aromatic carbocycles. The summed E-state index contributed by atoms with van der Waals surface area (Å²) in [6, 6.07) is 20.7. The Labute approximate surface area is 172 Å². The Morgan fingerprint density at radius 1 is 0.828 bits per heavy atom. The summed E-state index contributed by atoms with van der Waals surface area (Å²) in [5.41, 5.74) is 5.00. The molecule has 0 fully saturated rings. The fourth-order valence-electron chi connectivity index (χ4n) is 3.32. The molecule has 0 atom stereocenters. The maximum atomic E-state index is 10.7. The van der Waals surface area contributed by atoms with Gasteiger partial charge in [0.15, 0.2) is 0 Å². The number of ether oxygens (including phenoxy) is 1. The third-order valence-electron chi connectivity index (χ3n) is 4.94. The van der Waals surface area contributed by atoms with E-state index >= 15 is 0 Å². The van der Waals surface area contributed by atoms with Crippen LogP contribution in [-0.2, 0) is 30.7 Å². The van der Waals surface area contributed by atoms with Crippen LogP contribution in [0.15, 0.2) is 73.1 Å². The van der Waals surface area contributed by atoms with Gasteiger partial charge in [-0.15, -0.1) is 0 Å². The molecule has 0 aliphatic rings. The molecule has 3 aromatic rings. The fraction of sp³-hybridized carbons (Fsp3) is 0.280. The molecule has 0 saturated heterocycles. The van der Waals surface area contributed by atoms with E-state index in [0.29, 0.717) is 6.61 Å². The van der Waals surface area contributed by atoms with Crippen molar-refractivity contribution in [3.05, 3.63) is 95.3 Å².